The normalized spacial score (nSPS) is 17.5. The van der Waals surface area contributed by atoms with E-state index < -0.39 is 23.8 Å². The summed E-state index contributed by atoms with van der Waals surface area (Å²) < 4.78 is 10.0. The predicted octanol–water partition coefficient (Wildman–Crippen LogP) is 2.96. The third-order valence-electron chi connectivity index (χ3n) is 3.54. The number of ether oxygens (including phenoxy) is 2. The van der Waals surface area contributed by atoms with Gasteiger partial charge in [0.25, 0.3) is 5.79 Å². The number of carbonyl (C=O) groups excluding carboxylic acids is 2. The summed E-state index contributed by atoms with van der Waals surface area (Å²) in [6.07, 6.45) is 0.572. The number of aliphatic hydroxyl groups excluding tert-OH is 1. The van der Waals surface area contributed by atoms with Crippen molar-refractivity contribution >= 4 is 29.0 Å². The van der Waals surface area contributed by atoms with Crippen molar-refractivity contribution in [3.05, 3.63) is 64.0 Å². The highest BCUT2D eigenvalue weighted by atomic mass is 32.1. The fourth-order valence-corrected chi connectivity index (χ4v) is 3.04. The summed E-state index contributed by atoms with van der Waals surface area (Å²) in [5.41, 5.74) is 1.20. The van der Waals surface area contributed by atoms with Gasteiger partial charge in [0.2, 0.25) is 0 Å². The molecular weight excluding hydrogens is 342 g/mol. The smallest absolute Gasteiger partial charge is 0.350 e. The van der Waals surface area contributed by atoms with Crippen LogP contribution in [0.25, 0.3) is 0 Å². The fourth-order valence-electron chi connectivity index (χ4n) is 2.31. The number of esters is 2. The molecule has 0 aliphatic carbocycles. The van der Waals surface area contributed by atoms with Crippen molar-refractivity contribution in [2.75, 3.05) is 5.32 Å². The van der Waals surface area contributed by atoms with Crippen LogP contribution in [0.15, 0.2) is 53.6 Å². The van der Waals surface area contributed by atoms with Crippen LogP contribution in [-0.2, 0) is 19.1 Å². The summed E-state index contributed by atoms with van der Waals surface area (Å²) in [6.45, 7) is 2.98. The van der Waals surface area contributed by atoms with Gasteiger partial charge in [-0.05, 0) is 29.1 Å². The Balaban J connectivity index is 1.70. The van der Waals surface area contributed by atoms with Crippen molar-refractivity contribution in [2.45, 2.75) is 25.7 Å². The largest absolute Gasteiger partial charge is 0.419 e. The van der Waals surface area contributed by atoms with E-state index in [-0.39, 0.29) is 5.57 Å². The van der Waals surface area contributed by atoms with E-state index in [4.69, 9.17) is 9.47 Å². The minimum absolute atomic E-state index is 0.206. The number of anilines is 1. The van der Waals surface area contributed by atoms with Crippen LogP contribution in [0.2, 0.25) is 0 Å². The Kier molecular flexibility index (Phi) is 4.61. The zero-order chi connectivity index (χ0) is 18.0. The van der Waals surface area contributed by atoms with E-state index in [0.29, 0.717) is 5.69 Å². The first kappa shape index (κ1) is 17.2. The number of hydrogen-bond acceptors (Lipinski definition) is 7. The number of cyclic esters (lactones) is 2. The number of nitrogens with one attached hydrogen (secondary N) is 1. The van der Waals surface area contributed by atoms with Crippen LogP contribution in [0.1, 0.15) is 30.4 Å². The van der Waals surface area contributed by atoms with Crippen molar-refractivity contribution in [3.63, 3.8) is 0 Å². The van der Waals surface area contributed by atoms with Crippen LogP contribution in [0, 0.1) is 0 Å². The van der Waals surface area contributed by atoms with Gasteiger partial charge in [-0.25, -0.2) is 9.59 Å². The molecule has 130 valence electrons. The lowest BCUT2D eigenvalue weighted by molar-refractivity contribution is -0.222. The molecule has 25 heavy (non-hydrogen) atoms. The summed E-state index contributed by atoms with van der Waals surface area (Å²) in [5, 5.41) is 15.0. The van der Waals surface area contributed by atoms with Crippen LogP contribution in [0.5, 0.6) is 0 Å². The quantitative estimate of drug-likeness (QED) is 0.496. The predicted molar refractivity (Wildman–Crippen MR) is 92.8 cm³/mol. The topological polar surface area (TPSA) is 84.9 Å². The molecule has 1 saturated heterocycles. The molecule has 0 radical (unpaired) electrons. The van der Waals surface area contributed by atoms with Crippen molar-refractivity contribution in [2.24, 2.45) is 0 Å². The molecule has 2 heterocycles. The van der Waals surface area contributed by atoms with Gasteiger partial charge in [0, 0.05) is 30.6 Å². The number of hydrogen-bond donors (Lipinski definition) is 2. The number of carbonyl (C=O) groups is 2. The first-order valence-corrected chi connectivity index (χ1v) is 8.48. The summed E-state index contributed by atoms with van der Waals surface area (Å²) in [7, 11) is 0. The van der Waals surface area contributed by atoms with E-state index in [9.17, 15) is 14.7 Å². The van der Waals surface area contributed by atoms with Crippen molar-refractivity contribution in [1.82, 2.24) is 0 Å². The van der Waals surface area contributed by atoms with Crippen LogP contribution < -0.4 is 5.32 Å². The first-order chi connectivity index (χ1) is 11.9. The van der Waals surface area contributed by atoms with E-state index in [1.54, 1.807) is 24.3 Å². The maximum atomic E-state index is 11.9. The molecule has 0 spiro atoms. The molecule has 7 heteroatoms. The molecule has 0 bridgehead atoms. The standard InChI is InChI=1S/C18H17NO5S/c1-18(2)23-16(21)13(17(22)24-18)10-19-12-7-5-11(6-8-12)15(20)14-4-3-9-25-14/h3-10,15,19-20H,1-2H3. The summed E-state index contributed by atoms with van der Waals surface area (Å²) >= 11 is 1.48. The summed E-state index contributed by atoms with van der Waals surface area (Å²) in [6, 6.07) is 10.8. The molecule has 1 atom stereocenters. The lowest BCUT2D eigenvalue weighted by Crippen LogP contribution is -2.42. The van der Waals surface area contributed by atoms with Crippen LogP contribution in [-0.4, -0.2) is 22.8 Å². The van der Waals surface area contributed by atoms with Gasteiger partial charge in [0.15, 0.2) is 5.57 Å². The number of aliphatic hydroxyl groups is 1. The van der Waals surface area contributed by atoms with E-state index in [0.717, 1.165) is 10.4 Å². The Hall–Kier alpha value is -2.64. The second-order valence-corrected chi connectivity index (χ2v) is 6.90. The second kappa shape index (κ2) is 6.70. The van der Waals surface area contributed by atoms with Crippen molar-refractivity contribution < 1.29 is 24.2 Å². The Morgan fingerprint density at radius 1 is 1.12 bits per heavy atom. The first-order valence-electron chi connectivity index (χ1n) is 7.60. The average molecular weight is 359 g/mol. The van der Waals surface area contributed by atoms with Crippen LogP contribution in [0.3, 0.4) is 0 Å². The third-order valence-corrected chi connectivity index (χ3v) is 4.46. The Morgan fingerprint density at radius 3 is 2.32 bits per heavy atom. The molecule has 0 amide bonds. The maximum Gasteiger partial charge on any atom is 0.350 e. The molecule has 1 aromatic heterocycles. The zero-order valence-corrected chi connectivity index (χ0v) is 14.5. The minimum atomic E-state index is -1.26. The average Bonchev–Trinajstić information content (AvgIpc) is 3.07. The maximum absolute atomic E-state index is 11.9. The molecule has 2 aromatic rings. The van der Waals surface area contributed by atoms with Gasteiger partial charge >= 0.3 is 11.9 Å². The van der Waals surface area contributed by atoms with Gasteiger partial charge in [-0.3, -0.25) is 0 Å². The molecule has 1 aromatic carbocycles. The molecule has 2 N–H and O–H groups in total. The minimum Gasteiger partial charge on any atom is -0.419 e. The van der Waals surface area contributed by atoms with E-state index in [2.05, 4.69) is 5.32 Å². The highest BCUT2D eigenvalue weighted by Gasteiger charge is 2.38. The molecular formula is C18H17NO5S. The van der Waals surface area contributed by atoms with Crippen LogP contribution in [0.4, 0.5) is 5.69 Å². The SMILES string of the molecule is CC1(C)OC(=O)C(=CNc2ccc(C(O)c3cccs3)cc2)C(=O)O1. The van der Waals surface area contributed by atoms with E-state index >= 15 is 0 Å². The number of benzene rings is 1. The van der Waals surface area contributed by atoms with Crippen LogP contribution >= 0.6 is 11.3 Å². The molecule has 1 aliphatic heterocycles. The molecule has 1 unspecified atom stereocenters. The molecule has 6 nitrogen and oxygen atoms in total. The highest BCUT2D eigenvalue weighted by molar-refractivity contribution is 7.10. The van der Waals surface area contributed by atoms with Crippen molar-refractivity contribution in [3.8, 4) is 0 Å². The van der Waals surface area contributed by atoms with Gasteiger partial charge in [-0.2, -0.15) is 0 Å². The Labute approximate surface area is 148 Å². The van der Waals surface area contributed by atoms with Gasteiger partial charge in [-0.1, -0.05) is 18.2 Å². The van der Waals surface area contributed by atoms with Gasteiger partial charge in [0.05, 0.1) is 0 Å². The monoisotopic (exact) mass is 359 g/mol. The molecule has 3 rings (SSSR count). The summed E-state index contributed by atoms with van der Waals surface area (Å²) in [5.74, 6) is -2.73. The number of rotatable bonds is 4. The lowest BCUT2D eigenvalue weighted by atomic mass is 10.1. The zero-order valence-electron chi connectivity index (χ0n) is 13.7. The van der Waals surface area contributed by atoms with Gasteiger partial charge in [0.1, 0.15) is 6.10 Å². The summed E-state index contributed by atoms with van der Waals surface area (Å²) in [4.78, 5) is 24.6. The Bertz CT molecular complexity index is 787. The lowest BCUT2D eigenvalue weighted by Gasteiger charge is -2.29. The van der Waals surface area contributed by atoms with E-state index in [1.165, 1.54) is 31.4 Å². The molecule has 1 aliphatic rings. The fraction of sp³-hybridized carbons (Fsp3) is 0.222. The third kappa shape index (κ3) is 3.89. The van der Waals surface area contributed by atoms with Gasteiger partial charge < -0.3 is 19.9 Å². The van der Waals surface area contributed by atoms with E-state index in [1.807, 2.05) is 17.5 Å². The molecule has 1 fully saturated rings. The van der Waals surface area contributed by atoms with Crippen molar-refractivity contribution in [1.29, 1.82) is 0 Å². The number of thiophene rings is 1. The Morgan fingerprint density at radius 2 is 1.76 bits per heavy atom. The highest BCUT2D eigenvalue weighted by Crippen LogP contribution is 2.27. The van der Waals surface area contributed by atoms with Gasteiger partial charge in [-0.15, -0.1) is 11.3 Å². The second-order valence-electron chi connectivity index (χ2n) is 5.92. The molecule has 0 saturated carbocycles.